The van der Waals surface area contributed by atoms with Crippen molar-refractivity contribution in [1.29, 1.82) is 0 Å². The maximum absolute atomic E-state index is 2.47. The number of hydrogen-bond acceptors (Lipinski definition) is 0. The Balaban J connectivity index is 1.27. The second-order valence-corrected chi connectivity index (χ2v) is 12.6. The zero-order valence-corrected chi connectivity index (χ0v) is 26.2. The first-order chi connectivity index (χ1) is 23.8. The van der Waals surface area contributed by atoms with Crippen LogP contribution >= 0.6 is 0 Å². The highest BCUT2D eigenvalue weighted by Gasteiger charge is 2.21. The van der Waals surface area contributed by atoms with Crippen molar-refractivity contribution in [2.45, 2.75) is 0 Å². The van der Waals surface area contributed by atoms with Gasteiger partial charge < -0.3 is 9.13 Å². The Morgan fingerprint density at radius 2 is 0.833 bits per heavy atom. The molecule has 2 heterocycles. The molecule has 0 saturated heterocycles. The molecule has 2 aromatic heterocycles. The molecule has 0 saturated carbocycles. The van der Waals surface area contributed by atoms with Crippen molar-refractivity contribution in [3.63, 3.8) is 0 Å². The Bertz CT molecular complexity index is 2810. The fourth-order valence-corrected chi connectivity index (χ4v) is 7.76. The first-order valence-electron chi connectivity index (χ1n) is 16.5. The smallest absolute Gasteiger partial charge is 0.0788 e. The number of nitrogens with zero attached hydrogens (tertiary/aromatic N) is 2. The molecule has 0 spiro atoms. The Morgan fingerprint density at radius 1 is 0.292 bits per heavy atom. The fourth-order valence-electron chi connectivity index (χ4n) is 7.76. The second kappa shape index (κ2) is 10.6. The van der Waals surface area contributed by atoms with Crippen molar-refractivity contribution in [2.24, 2.45) is 0 Å². The molecule has 0 atom stereocenters. The first-order valence-corrected chi connectivity index (χ1v) is 16.5. The summed E-state index contributed by atoms with van der Waals surface area (Å²) >= 11 is 0. The lowest BCUT2D eigenvalue weighted by molar-refractivity contribution is 1.15. The molecular weight excluding hydrogens is 581 g/mol. The number of para-hydroxylation sites is 2. The molecule has 2 heteroatoms. The summed E-state index contributed by atoms with van der Waals surface area (Å²) in [7, 11) is 0. The predicted octanol–water partition coefficient (Wildman–Crippen LogP) is 12.4. The van der Waals surface area contributed by atoms with Crippen molar-refractivity contribution < 1.29 is 0 Å². The summed E-state index contributed by atoms with van der Waals surface area (Å²) in [5.74, 6) is 0. The predicted molar refractivity (Wildman–Crippen MR) is 203 cm³/mol. The molecule has 10 rings (SSSR count). The molecule has 0 aliphatic rings. The summed E-state index contributed by atoms with van der Waals surface area (Å²) in [5, 5.41) is 7.53. The third-order valence-electron chi connectivity index (χ3n) is 9.91. The van der Waals surface area contributed by atoms with Crippen LogP contribution < -0.4 is 0 Å². The topological polar surface area (TPSA) is 9.86 Å². The standard InChI is InChI=1S/C46H30N2/c1-2-12-31(13-3-1)34-16-10-17-36(30-34)48-44-23-9-7-20-40(44)42-29-28-41-39-19-6-8-22-43(39)47(45(41)46(42)48)35-26-24-33(25-27-35)38-21-11-15-32-14-4-5-18-37(32)38/h1-30H. The molecule has 0 radical (unpaired) electrons. The van der Waals surface area contributed by atoms with E-state index in [0.29, 0.717) is 0 Å². The number of fused-ring (bicyclic) bond motifs is 8. The monoisotopic (exact) mass is 610 g/mol. The number of hydrogen-bond donors (Lipinski definition) is 0. The molecule has 0 fully saturated rings. The van der Waals surface area contributed by atoms with Gasteiger partial charge in [0.2, 0.25) is 0 Å². The van der Waals surface area contributed by atoms with Gasteiger partial charge in [-0.15, -0.1) is 0 Å². The van der Waals surface area contributed by atoms with Gasteiger partial charge >= 0.3 is 0 Å². The number of rotatable bonds is 4. The molecular formula is C46H30N2. The summed E-state index contributed by atoms with van der Waals surface area (Å²) in [4.78, 5) is 0. The zero-order valence-electron chi connectivity index (χ0n) is 26.2. The molecule has 2 nitrogen and oxygen atoms in total. The van der Waals surface area contributed by atoms with Gasteiger partial charge in [0.1, 0.15) is 0 Å². The molecule has 10 aromatic rings. The van der Waals surface area contributed by atoms with E-state index >= 15 is 0 Å². The van der Waals surface area contributed by atoms with E-state index < -0.39 is 0 Å². The van der Waals surface area contributed by atoms with Crippen LogP contribution in [0.2, 0.25) is 0 Å². The van der Waals surface area contributed by atoms with E-state index in [1.54, 1.807) is 0 Å². The summed E-state index contributed by atoms with van der Waals surface area (Å²) in [6, 6.07) is 66.2. The zero-order chi connectivity index (χ0) is 31.6. The minimum absolute atomic E-state index is 1.15. The van der Waals surface area contributed by atoms with Crippen LogP contribution in [0.5, 0.6) is 0 Å². The maximum atomic E-state index is 2.47. The Kier molecular flexibility index (Phi) is 5.91. The van der Waals surface area contributed by atoms with Gasteiger partial charge in [-0.3, -0.25) is 0 Å². The highest BCUT2D eigenvalue weighted by atomic mass is 15.0. The van der Waals surface area contributed by atoms with Crippen LogP contribution in [0.3, 0.4) is 0 Å². The van der Waals surface area contributed by atoms with Crippen molar-refractivity contribution >= 4 is 54.4 Å². The number of aromatic nitrogens is 2. The van der Waals surface area contributed by atoms with Crippen LogP contribution in [0.1, 0.15) is 0 Å². The summed E-state index contributed by atoms with van der Waals surface area (Å²) in [6.45, 7) is 0. The van der Waals surface area contributed by atoms with E-state index in [9.17, 15) is 0 Å². The van der Waals surface area contributed by atoms with Crippen LogP contribution in [0.25, 0.3) is 88.0 Å². The Hall–Kier alpha value is -6.38. The molecule has 0 aliphatic carbocycles. The van der Waals surface area contributed by atoms with Crippen LogP contribution in [0, 0.1) is 0 Å². The van der Waals surface area contributed by atoms with Gasteiger partial charge in [0.25, 0.3) is 0 Å². The van der Waals surface area contributed by atoms with Crippen molar-refractivity contribution in [3.8, 4) is 33.6 Å². The minimum Gasteiger partial charge on any atom is -0.307 e. The van der Waals surface area contributed by atoms with E-state index in [0.717, 1.165) is 11.4 Å². The highest BCUT2D eigenvalue weighted by molar-refractivity contribution is 6.23. The quantitative estimate of drug-likeness (QED) is 0.188. The lowest BCUT2D eigenvalue weighted by atomic mass is 9.98. The molecule has 0 unspecified atom stereocenters. The summed E-state index contributed by atoms with van der Waals surface area (Å²) in [6.07, 6.45) is 0. The van der Waals surface area contributed by atoms with Crippen LogP contribution in [0.15, 0.2) is 182 Å². The molecule has 0 amide bonds. The largest absolute Gasteiger partial charge is 0.307 e. The summed E-state index contributed by atoms with van der Waals surface area (Å²) in [5.41, 5.74) is 12.0. The maximum Gasteiger partial charge on any atom is 0.0788 e. The minimum atomic E-state index is 1.15. The first kappa shape index (κ1) is 26.8. The normalized spacial score (nSPS) is 11.8. The average molecular weight is 611 g/mol. The number of benzene rings is 8. The van der Waals surface area contributed by atoms with Gasteiger partial charge in [-0.1, -0.05) is 146 Å². The van der Waals surface area contributed by atoms with E-state index in [4.69, 9.17) is 0 Å². The van der Waals surface area contributed by atoms with Gasteiger partial charge in [0, 0.05) is 32.9 Å². The molecule has 48 heavy (non-hydrogen) atoms. The van der Waals surface area contributed by atoms with E-state index in [1.165, 1.54) is 76.6 Å². The van der Waals surface area contributed by atoms with Crippen molar-refractivity contribution in [3.05, 3.63) is 182 Å². The van der Waals surface area contributed by atoms with Crippen LogP contribution in [-0.2, 0) is 0 Å². The third-order valence-corrected chi connectivity index (χ3v) is 9.91. The summed E-state index contributed by atoms with van der Waals surface area (Å²) < 4.78 is 4.94. The van der Waals surface area contributed by atoms with Gasteiger partial charge in [-0.25, -0.2) is 0 Å². The average Bonchev–Trinajstić information content (AvgIpc) is 3.68. The van der Waals surface area contributed by atoms with E-state index in [2.05, 4.69) is 191 Å². The Labute approximate surface area is 278 Å². The molecule has 224 valence electrons. The van der Waals surface area contributed by atoms with Crippen molar-refractivity contribution in [1.82, 2.24) is 9.13 Å². The lowest BCUT2D eigenvalue weighted by Crippen LogP contribution is -1.99. The van der Waals surface area contributed by atoms with Crippen LogP contribution in [-0.4, -0.2) is 9.13 Å². The second-order valence-electron chi connectivity index (χ2n) is 12.6. The van der Waals surface area contributed by atoms with Gasteiger partial charge in [0.05, 0.1) is 22.1 Å². The molecule has 8 aromatic carbocycles. The van der Waals surface area contributed by atoms with E-state index in [-0.39, 0.29) is 0 Å². The van der Waals surface area contributed by atoms with Gasteiger partial charge in [0.15, 0.2) is 0 Å². The molecule has 0 aliphatic heterocycles. The Morgan fingerprint density at radius 3 is 1.54 bits per heavy atom. The van der Waals surface area contributed by atoms with Gasteiger partial charge in [-0.05, 0) is 69.4 Å². The fraction of sp³-hybridized carbons (Fsp3) is 0. The van der Waals surface area contributed by atoms with E-state index in [1.807, 2.05) is 0 Å². The van der Waals surface area contributed by atoms with Crippen LogP contribution in [0.4, 0.5) is 0 Å². The molecule has 0 bridgehead atoms. The third kappa shape index (κ3) is 4.00. The lowest BCUT2D eigenvalue weighted by Gasteiger charge is -2.14. The molecule has 0 N–H and O–H groups in total. The van der Waals surface area contributed by atoms with Gasteiger partial charge in [-0.2, -0.15) is 0 Å². The SMILES string of the molecule is c1ccc(-c2cccc(-n3c4ccccc4c4ccc5c6ccccc6n(-c6ccc(-c7cccc8ccccc78)cc6)c5c43)c2)cc1. The highest BCUT2D eigenvalue weighted by Crippen LogP contribution is 2.42. The van der Waals surface area contributed by atoms with Crippen molar-refractivity contribution in [2.75, 3.05) is 0 Å².